The van der Waals surface area contributed by atoms with E-state index in [4.69, 9.17) is 27.9 Å². The van der Waals surface area contributed by atoms with E-state index < -0.39 is 6.04 Å². The highest BCUT2D eigenvalue weighted by atomic mass is 35.5. The molecular weight excluding hydrogens is 471 g/mol. The first-order chi connectivity index (χ1) is 16.3. The first kappa shape index (κ1) is 25.9. The molecule has 0 aliphatic carbocycles. The Hall–Kier alpha value is -2.76. The van der Waals surface area contributed by atoms with Crippen molar-refractivity contribution in [2.45, 2.75) is 52.2 Å². The first-order valence-electron chi connectivity index (χ1n) is 11.5. The van der Waals surface area contributed by atoms with Gasteiger partial charge in [-0.25, -0.2) is 0 Å². The SMILES string of the molecule is CC[C@H](C(=O)N[C@@H](C)CC)N(Cc1ccc(Cl)c(Cl)c1)C(=O)COc1cccc2ccccc12. The highest BCUT2D eigenvalue weighted by Crippen LogP contribution is 2.26. The number of benzene rings is 3. The Bertz CT molecular complexity index is 1150. The molecule has 2 atom stereocenters. The highest BCUT2D eigenvalue weighted by molar-refractivity contribution is 6.42. The summed E-state index contributed by atoms with van der Waals surface area (Å²) in [5.74, 6) is 0.152. The number of hydrogen-bond donors (Lipinski definition) is 1. The summed E-state index contributed by atoms with van der Waals surface area (Å²) in [6.07, 6.45) is 1.26. The van der Waals surface area contributed by atoms with Crippen LogP contribution >= 0.6 is 23.2 Å². The molecule has 0 heterocycles. The van der Waals surface area contributed by atoms with Crippen LogP contribution in [0.5, 0.6) is 5.75 Å². The molecule has 0 saturated heterocycles. The van der Waals surface area contributed by atoms with Gasteiger partial charge < -0.3 is 15.0 Å². The molecule has 180 valence electrons. The molecular formula is C27H30Cl2N2O3. The van der Waals surface area contributed by atoms with Crippen molar-refractivity contribution in [3.63, 3.8) is 0 Å². The minimum Gasteiger partial charge on any atom is -0.483 e. The Labute approximate surface area is 211 Å². The molecule has 0 saturated carbocycles. The highest BCUT2D eigenvalue weighted by Gasteiger charge is 2.29. The number of rotatable bonds is 10. The van der Waals surface area contributed by atoms with E-state index in [0.29, 0.717) is 22.2 Å². The van der Waals surface area contributed by atoms with Crippen molar-refractivity contribution in [1.29, 1.82) is 0 Å². The number of nitrogens with zero attached hydrogens (tertiary/aromatic N) is 1. The second kappa shape index (κ2) is 12.1. The van der Waals surface area contributed by atoms with E-state index in [1.165, 1.54) is 0 Å². The van der Waals surface area contributed by atoms with Crippen LogP contribution in [0.15, 0.2) is 60.7 Å². The maximum Gasteiger partial charge on any atom is 0.261 e. The van der Waals surface area contributed by atoms with E-state index in [-0.39, 0.29) is 31.0 Å². The summed E-state index contributed by atoms with van der Waals surface area (Å²) < 4.78 is 5.95. The second-order valence-corrected chi connectivity index (χ2v) is 9.09. The fourth-order valence-electron chi connectivity index (χ4n) is 3.74. The third-order valence-corrected chi connectivity index (χ3v) is 6.56. The number of fused-ring (bicyclic) bond motifs is 1. The lowest BCUT2D eigenvalue weighted by molar-refractivity contribution is -0.143. The normalized spacial score (nSPS) is 12.7. The molecule has 7 heteroatoms. The fourth-order valence-corrected chi connectivity index (χ4v) is 4.06. The Morgan fingerprint density at radius 2 is 1.71 bits per heavy atom. The summed E-state index contributed by atoms with van der Waals surface area (Å²) in [6.45, 7) is 5.85. The van der Waals surface area contributed by atoms with Gasteiger partial charge in [-0.2, -0.15) is 0 Å². The maximum atomic E-state index is 13.4. The number of amides is 2. The average molecular weight is 501 g/mol. The van der Waals surface area contributed by atoms with Crippen molar-refractivity contribution in [2.75, 3.05) is 6.61 Å². The van der Waals surface area contributed by atoms with Crippen LogP contribution in [0.25, 0.3) is 10.8 Å². The predicted octanol–water partition coefficient (Wildman–Crippen LogP) is 6.25. The van der Waals surface area contributed by atoms with E-state index in [1.807, 2.05) is 63.2 Å². The van der Waals surface area contributed by atoms with Gasteiger partial charge in [-0.3, -0.25) is 9.59 Å². The fraction of sp³-hybridized carbons (Fsp3) is 0.333. The molecule has 3 aromatic carbocycles. The second-order valence-electron chi connectivity index (χ2n) is 8.28. The van der Waals surface area contributed by atoms with E-state index in [1.54, 1.807) is 23.1 Å². The van der Waals surface area contributed by atoms with Crippen LogP contribution in [-0.2, 0) is 16.1 Å². The molecule has 0 aliphatic heterocycles. The first-order valence-corrected chi connectivity index (χ1v) is 12.2. The standard InChI is InChI=1S/C27H30Cl2N2O3/c1-4-18(3)30-27(33)24(5-2)31(16-19-13-14-22(28)23(29)15-19)26(32)17-34-25-12-8-10-20-9-6-7-11-21(20)25/h6-15,18,24H,4-5,16-17H2,1-3H3,(H,30,33)/t18-,24+/m0/s1. The van der Waals surface area contributed by atoms with Gasteiger partial charge in [0, 0.05) is 18.0 Å². The van der Waals surface area contributed by atoms with E-state index >= 15 is 0 Å². The molecule has 5 nitrogen and oxygen atoms in total. The molecule has 0 radical (unpaired) electrons. The van der Waals surface area contributed by atoms with Gasteiger partial charge in [0.15, 0.2) is 6.61 Å². The zero-order valence-electron chi connectivity index (χ0n) is 19.7. The van der Waals surface area contributed by atoms with E-state index in [0.717, 1.165) is 22.8 Å². The number of hydrogen-bond acceptors (Lipinski definition) is 3. The molecule has 0 aromatic heterocycles. The van der Waals surface area contributed by atoms with Crippen LogP contribution in [0.4, 0.5) is 0 Å². The Morgan fingerprint density at radius 3 is 2.41 bits per heavy atom. The van der Waals surface area contributed by atoms with Crippen molar-refractivity contribution in [3.8, 4) is 5.75 Å². The maximum absolute atomic E-state index is 13.4. The number of carbonyl (C=O) groups excluding carboxylic acids is 2. The van der Waals surface area contributed by atoms with Gasteiger partial charge in [-0.05, 0) is 48.9 Å². The molecule has 0 bridgehead atoms. The van der Waals surface area contributed by atoms with Crippen LogP contribution in [-0.4, -0.2) is 35.4 Å². The summed E-state index contributed by atoms with van der Waals surface area (Å²) in [7, 11) is 0. The minimum absolute atomic E-state index is 0.00964. The van der Waals surface area contributed by atoms with Crippen molar-refractivity contribution in [1.82, 2.24) is 10.2 Å². The average Bonchev–Trinajstić information content (AvgIpc) is 2.84. The van der Waals surface area contributed by atoms with Crippen LogP contribution < -0.4 is 10.1 Å². The van der Waals surface area contributed by atoms with Gasteiger partial charge in [0.05, 0.1) is 10.0 Å². The molecule has 0 unspecified atom stereocenters. The Morgan fingerprint density at radius 1 is 0.971 bits per heavy atom. The van der Waals surface area contributed by atoms with Crippen LogP contribution in [0.2, 0.25) is 10.0 Å². The summed E-state index contributed by atoms with van der Waals surface area (Å²) in [6, 6.07) is 18.1. The Kier molecular flexibility index (Phi) is 9.20. The Balaban J connectivity index is 1.85. The number of ether oxygens (including phenoxy) is 1. The van der Waals surface area contributed by atoms with E-state index in [9.17, 15) is 9.59 Å². The summed E-state index contributed by atoms with van der Waals surface area (Å²) in [5, 5.41) is 5.79. The van der Waals surface area contributed by atoms with Crippen molar-refractivity contribution < 1.29 is 14.3 Å². The molecule has 0 fully saturated rings. The van der Waals surface area contributed by atoms with Crippen molar-refractivity contribution >= 4 is 45.8 Å². The van der Waals surface area contributed by atoms with Crippen molar-refractivity contribution in [2.24, 2.45) is 0 Å². The van der Waals surface area contributed by atoms with Crippen LogP contribution in [0.3, 0.4) is 0 Å². The lowest BCUT2D eigenvalue weighted by Gasteiger charge is -2.31. The van der Waals surface area contributed by atoms with Crippen LogP contribution in [0, 0.1) is 0 Å². The molecule has 1 N–H and O–H groups in total. The summed E-state index contributed by atoms with van der Waals surface area (Å²) in [5.41, 5.74) is 0.780. The zero-order valence-corrected chi connectivity index (χ0v) is 21.2. The largest absolute Gasteiger partial charge is 0.483 e. The predicted molar refractivity (Wildman–Crippen MR) is 138 cm³/mol. The quantitative estimate of drug-likeness (QED) is 0.358. The number of nitrogens with one attached hydrogen (secondary N) is 1. The van der Waals surface area contributed by atoms with Gasteiger partial charge in [0.25, 0.3) is 5.91 Å². The lowest BCUT2D eigenvalue weighted by Crippen LogP contribution is -2.51. The zero-order chi connectivity index (χ0) is 24.7. The molecule has 0 spiro atoms. The van der Waals surface area contributed by atoms with Gasteiger partial charge >= 0.3 is 0 Å². The summed E-state index contributed by atoms with van der Waals surface area (Å²) >= 11 is 12.3. The van der Waals surface area contributed by atoms with Crippen LogP contribution in [0.1, 0.15) is 39.2 Å². The van der Waals surface area contributed by atoms with Gasteiger partial charge in [0.2, 0.25) is 5.91 Å². The van der Waals surface area contributed by atoms with Gasteiger partial charge in [-0.1, -0.05) is 79.5 Å². The lowest BCUT2D eigenvalue weighted by atomic mass is 10.1. The molecule has 2 amide bonds. The van der Waals surface area contributed by atoms with Gasteiger partial charge in [0.1, 0.15) is 11.8 Å². The smallest absolute Gasteiger partial charge is 0.261 e. The summed E-state index contributed by atoms with van der Waals surface area (Å²) in [4.78, 5) is 28.0. The monoisotopic (exact) mass is 500 g/mol. The topological polar surface area (TPSA) is 58.6 Å². The molecule has 34 heavy (non-hydrogen) atoms. The third-order valence-electron chi connectivity index (χ3n) is 5.82. The van der Waals surface area contributed by atoms with E-state index in [2.05, 4.69) is 5.32 Å². The number of carbonyl (C=O) groups is 2. The van der Waals surface area contributed by atoms with Gasteiger partial charge in [-0.15, -0.1) is 0 Å². The molecule has 3 aromatic rings. The third kappa shape index (κ3) is 6.43. The number of halogens is 2. The van der Waals surface area contributed by atoms with Crippen molar-refractivity contribution in [3.05, 3.63) is 76.3 Å². The molecule has 0 aliphatic rings. The minimum atomic E-state index is -0.646. The molecule has 3 rings (SSSR count).